The third-order valence-corrected chi connectivity index (χ3v) is 4.88. The second-order valence-electron chi connectivity index (χ2n) is 5.96. The molecule has 0 saturated heterocycles. The second kappa shape index (κ2) is 7.87. The van der Waals surface area contributed by atoms with Gasteiger partial charge in [-0.2, -0.15) is 5.10 Å². The third kappa shape index (κ3) is 3.90. The summed E-state index contributed by atoms with van der Waals surface area (Å²) in [5.41, 5.74) is 0.634. The maximum Gasteiger partial charge on any atom is 0.338 e. The third-order valence-electron chi connectivity index (χ3n) is 4.14. The molecule has 0 aliphatic carbocycles. The topological polar surface area (TPSA) is 119 Å². The van der Waals surface area contributed by atoms with Gasteiger partial charge >= 0.3 is 5.97 Å². The van der Waals surface area contributed by atoms with E-state index in [9.17, 15) is 14.9 Å². The van der Waals surface area contributed by atoms with E-state index in [0.29, 0.717) is 34.7 Å². The fourth-order valence-electron chi connectivity index (χ4n) is 2.77. The van der Waals surface area contributed by atoms with Gasteiger partial charge in [0.25, 0.3) is 5.69 Å². The lowest BCUT2D eigenvalue weighted by Gasteiger charge is -2.19. The number of carbonyl (C=O) groups is 1. The van der Waals surface area contributed by atoms with Crippen LogP contribution in [-0.2, 0) is 11.3 Å². The van der Waals surface area contributed by atoms with Crippen molar-refractivity contribution in [1.82, 2.24) is 14.8 Å². The number of nitro groups is 1. The molecule has 0 unspecified atom stereocenters. The Bertz CT molecular complexity index is 1090. The predicted octanol–water partition coefficient (Wildman–Crippen LogP) is 3.07. The zero-order valence-corrected chi connectivity index (χ0v) is 16.4. The van der Waals surface area contributed by atoms with Crippen LogP contribution in [0, 0.1) is 10.1 Å². The standard InChI is InChI=1S/C18H13BrN4O6/c19-13-7-17-16(27-3-4-28-17)6-12(13)8-29-18(24)11-1-2-14(15(5-11)23(25)26)22-10-20-9-21-22/h1-2,5-7,9-10H,3-4,8H2. The van der Waals surface area contributed by atoms with Crippen molar-refractivity contribution in [1.29, 1.82) is 0 Å². The molecule has 0 fully saturated rings. The van der Waals surface area contributed by atoms with E-state index in [1.165, 1.54) is 29.5 Å². The van der Waals surface area contributed by atoms with E-state index >= 15 is 0 Å². The largest absolute Gasteiger partial charge is 0.486 e. The molecule has 4 rings (SSSR count). The molecule has 148 valence electrons. The molecule has 11 heteroatoms. The minimum Gasteiger partial charge on any atom is -0.486 e. The summed E-state index contributed by atoms with van der Waals surface area (Å²) in [6, 6.07) is 7.48. The summed E-state index contributed by atoms with van der Waals surface area (Å²) in [7, 11) is 0. The van der Waals surface area contributed by atoms with Crippen molar-refractivity contribution < 1.29 is 23.9 Å². The normalized spacial score (nSPS) is 12.4. The number of rotatable bonds is 5. The van der Waals surface area contributed by atoms with Gasteiger partial charge in [0.15, 0.2) is 11.5 Å². The van der Waals surface area contributed by atoms with Crippen molar-refractivity contribution in [3.05, 3.63) is 68.7 Å². The van der Waals surface area contributed by atoms with Gasteiger partial charge in [-0.05, 0) is 24.3 Å². The van der Waals surface area contributed by atoms with E-state index in [1.807, 2.05) is 0 Å². The summed E-state index contributed by atoms with van der Waals surface area (Å²) in [5, 5.41) is 15.3. The molecule has 1 aromatic heterocycles. The first-order valence-corrected chi connectivity index (χ1v) is 9.21. The van der Waals surface area contributed by atoms with Crippen LogP contribution in [0.5, 0.6) is 11.5 Å². The van der Waals surface area contributed by atoms with Gasteiger partial charge in [0.1, 0.15) is 38.2 Å². The van der Waals surface area contributed by atoms with E-state index in [1.54, 1.807) is 12.1 Å². The molecule has 3 aromatic rings. The van der Waals surface area contributed by atoms with Crippen LogP contribution < -0.4 is 9.47 Å². The number of nitrogens with zero attached hydrogens (tertiary/aromatic N) is 4. The smallest absolute Gasteiger partial charge is 0.338 e. The Kier molecular flexibility index (Phi) is 5.12. The molecule has 2 heterocycles. The number of hydrogen-bond acceptors (Lipinski definition) is 8. The molecule has 1 aliphatic rings. The van der Waals surface area contributed by atoms with Gasteiger partial charge in [-0.25, -0.2) is 14.5 Å². The lowest BCUT2D eigenvalue weighted by Crippen LogP contribution is -2.16. The molecular weight excluding hydrogens is 448 g/mol. The Hall–Kier alpha value is -3.47. The predicted molar refractivity (Wildman–Crippen MR) is 102 cm³/mol. The number of benzene rings is 2. The number of esters is 1. The molecule has 29 heavy (non-hydrogen) atoms. The van der Waals surface area contributed by atoms with Gasteiger partial charge in [-0.3, -0.25) is 10.1 Å². The van der Waals surface area contributed by atoms with Gasteiger partial charge in [0.2, 0.25) is 0 Å². The number of carbonyl (C=O) groups excluding carboxylic acids is 1. The van der Waals surface area contributed by atoms with Crippen LogP contribution in [-0.4, -0.2) is 38.9 Å². The average Bonchev–Trinajstić information content (AvgIpc) is 3.26. The molecule has 0 bridgehead atoms. The van der Waals surface area contributed by atoms with E-state index in [-0.39, 0.29) is 23.5 Å². The first-order chi connectivity index (χ1) is 14.0. The second-order valence-corrected chi connectivity index (χ2v) is 6.82. The highest BCUT2D eigenvalue weighted by molar-refractivity contribution is 9.10. The minimum absolute atomic E-state index is 0.0469. The first-order valence-electron chi connectivity index (χ1n) is 8.41. The Labute approximate surface area is 172 Å². The highest BCUT2D eigenvalue weighted by Gasteiger charge is 2.21. The van der Waals surface area contributed by atoms with Crippen molar-refractivity contribution in [2.45, 2.75) is 6.61 Å². The van der Waals surface area contributed by atoms with E-state index < -0.39 is 10.9 Å². The van der Waals surface area contributed by atoms with Crippen LogP contribution in [0.25, 0.3) is 5.69 Å². The van der Waals surface area contributed by atoms with Gasteiger partial charge in [0.05, 0.1) is 10.5 Å². The number of ether oxygens (including phenoxy) is 3. The fraction of sp³-hybridized carbons (Fsp3) is 0.167. The number of aromatic nitrogens is 3. The Morgan fingerprint density at radius 2 is 2.00 bits per heavy atom. The lowest BCUT2D eigenvalue weighted by molar-refractivity contribution is -0.384. The maximum atomic E-state index is 12.4. The summed E-state index contributed by atoms with van der Waals surface area (Å²) in [6.07, 6.45) is 2.59. The Balaban J connectivity index is 1.53. The van der Waals surface area contributed by atoms with E-state index in [2.05, 4.69) is 26.0 Å². The van der Waals surface area contributed by atoms with Crippen LogP contribution >= 0.6 is 15.9 Å². The number of fused-ring (bicyclic) bond motifs is 1. The van der Waals surface area contributed by atoms with Gasteiger partial charge in [-0.15, -0.1) is 0 Å². The molecule has 0 saturated carbocycles. The minimum atomic E-state index is -0.694. The van der Waals surface area contributed by atoms with Crippen molar-refractivity contribution in [3.63, 3.8) is 0 Å². The molecule has 2 aromatic carbocycles. The van der Waals surface area contributed by atoms with Crippen LogP contribution in [0.3, 0.4) is 0 Å². The van der Waals surface area contributed by atoms with Crippen LogP contribution in [0.15, 0.2) is 47.5 Å². The molecule has 10 nitrogen and oxygen atoms in total. The van der Waals surface area contributed by atoms with Crippen LogP contribution in [0.2, 0.25) is 0 Å². The zero-order valence-electron chi connectivity index (χ0n) is 14.8. The molecule has 0 radical (unpaired) electrons. The summed E-state index contributed by atoms with van der Waals surface area (Å²) in [5.74, 6) is 0.482. The molecule has 0 atom stereocenters. The van der Waals surface area contributed by atoms with Gasteiger partial charge in [-0.1, -0.05) is 15.9 Å². The Morgan fingerprint density at radius 3 is 2.69 bits per heavy atom. The number of nitro benzene ring substituents is 1. The molecule has 0 N–H and O–H groups in total. The number of halogens is 1. The van der Waals surface area contributed by atoms with E-state index in [0.717, 1.165) is 6.07 Å². The molecule has 0 spiro atoms. The number of hydrogen-bond donors (Lipinski definition) is 0. The summed E-state index contributed by atoms with van der Waals surface area (Å²) in [4.78, 5) is 27.0. The van der Waals surface area contributed by atoms with Crippen LogP contribution in [0.1, 0.15) is 15.9 Å². The first kappa shape index (κ1) is 18.9. The van der Waals surface area contributed by atoms with Gasteiger partial charge in [0, 0.05) is 16.1 Å². The highest BCUT2D eigenvalue weighted by atomic mass is 79.9. The summed E-state index contributed by atoms with van der Waals surface area (Å²) < 4.78 is 18.3. The zero-order chi connectivity index (χ0) is 20.4. The SMILES string of the molecule is O=C(OCc1cc2c(cc1Br)OCCO2)c1ccc(-n2cncn2)c([N+](=O)[O-])c1. The quantitative estimate of drug-likeness (QED) is 0.323. The molecule has 0 amide bonds. The Morgan fingerprint density at radius 1 is 1.24 bits per heavy atom. The highest BCUT2D eigenvalue weighted by Crippen LogP contribution is 2.36. The van der Waals surface area contributed by atoms with Crippen molar-refractivity contribution in [2.75, 3.05) is 13.2 Å². The monoisotopic (exact) mass is 460 g/mol. The summed E-state index contributed by atoms with van der Waals surface area (Å²) >= 11 is 3.41. The van der Waals surface area contributed by atoms with Crippen molar-refractivity contribution in [2.24, 2.45) is 0 Å². The molecular formula is C18H13BrN4O6. The fourth-order valence-corrected chi connectivity index (χ4v) is 3.20. The van der Waals surface area contributed by atoms with Crippen LogP contribution in [0.4, 0.5) is 5.69 Å². The van der Waals surface area contributed by atoms with Crippen molar-refractivity contribution in [3.8, 4) is 17.2 Å². The van der Waals surface area contributed by atoms with Crippen molar-refractivity contribution >= 4 is 27.6 Å². The summed E-state index contributed by atoms with van der Waals surface area (Å²) in [6.45, 7) is 0.863. The molecule has 1 aliphatic heterocycles. The lowest BCUT2D eigenvalue weighted by atomic mass is 10.1. The van der Waals surface area contributed by atoms with E-state index in [4.69, 9.17) is 14.2 Å². The van der Waals surface area contributed by atoms with Gasteiger partial charge < -0.3 is 14.2 Å². The maximum absolute atomic E-state index is 12.4. The average molecular weight is 461 g/mol.